The van der Waals surface area contributed by atoms with Gasteiger partial charge in [0.15, 0.2) is 9.84 Å². The Balaban J connectivity index is 1.79. The molecule has 26 heavy (non-hydrogen) atoms. The maximum absolute atomic E-state index is 12.9. The van der Waals surface area contributed by atoms with Gasteiger partial charge in [-0.3, -0.25) is 4.79 Å². The minimum Gasteiger partial charge on any atom is -0.340 e. The van der Waals surface area contributed by atoms with Gasteiger partial charge < -0.3 is 10.2 Å². The van der Waals surface area contributed by atoms with Gasteiger partial charge in [0.2, 0.25) is 0 Å². The second kappa shape index (κ2) is 7.45. The van der Waals surface area contributed by atoms with Gasteiger partial charge in [-0.1, -0.05) is 12.1 Å². The summed E-state index contributed by atoms with van der Waals surface area (Å²) in [6, 6.07) is 11.0. The molecule has 1 N–H and O–H groups in total. The number of aromatic nitrogens is 1. The van der Waals surface area contributed by atoms with Crippen molar-refractivity contribution >= 4 is 27.2 Å². The van der Waals surface area contributed by atoms with Crippen molar-refractivity contribution in [3.63, 3.8) is 0 Å². The van der Waals surface area contributed by atoms with Crippen LogP contribution in [0.1, 0.15) is 29.3 Å². The molecular weight excluding hydrogens is 350 g/mol. The van der Waals surface area contributed by atoms with Crippen molar-refractivity contribution in [3.05, 3.63) is 53.7 Å². The molecular formula is C19H23N3O3S. The van der Waals surface area contributed by atoms with E-state index < -0.39 is 9.84 Å². The van der Waals surface area contributed by atoms with Crippen molar-refractivity contribution in [1.82, 2.24) is 9.88 Å². The van der Waals surface area contributed by atoms with Gasteiger partial charge in [0, 0.05) is 30.0 Å². The maximum atomic E-state index is 12.9. The van der Waals surface area contributed by atoms with E-state index >= 15 is 0 Å². The summed E-state index contributed by atoms with van der Waals surface area (Å²) < 4.78 is 23.5. The molecule has 1 fully saturated rings. The third-order valence-electron chi connectivity index (χ3n) is 4.55. The molecule has 1 atom stereocenters. The molecule has 138 valence electrons. The molecule has 0 spiro atoms. The standard InChI is InChI=1S/C19H23N3O3S/c1-3-22(17-8-10-26(24,25)13-17)19(23)15-7-9-20-18(12-15)21-16-6-4-5-14(2)11-16/h4-7,9,11-12,17H,3,8,10,13H2,1-2H3,(H,20,21). The number of nitrogens with one attached hydrogen (secondary N) is 1. The van der Waals surface area contributed by atoms with E-state index in [0.717, 1.165) is 11.3 Å². The number of amides is 1. The third kappa shape index (κ3) is 4.22. The van der Waals surface area contributed by atoms with Gasteiger partial charge >= 0.3 is 0 Å². The van der Waals surface area contributed by atoms with Crippen molar-refractivity contribution in [2.45, 2.75) is 26.3 Å². The molecule has 0 saturated carbocycles. The summed E-state index contributed by atoms with van der Waals surface area (Å²) in [4.78, 5) is 18.8. The molecule has 0 aliphatic carbocycles. The molecule has 2 aromatic rings. The number of anilines is 2. The lowest BCUT2D eigenvalue weighted by Gasteiger charge is -2.27. The molecule has 1 amide bonds. The molecule has 7 heteroatoms. The second-order valence-electron chi connectivity index (χ2n) is 6.57. The van der Waals surface area contributed by atoms with Crippen LogP contribution in [-0.2, 0) is 9.84 Å². The fourth-order valence-corrected chi connectivity index (χ4v) is 4.99. The zero-order valence-electron chi connectivity index (χ0n) is 15.0. The van der Waals surface area contributed by atoms with Gasteiger partial charge in [0.1, 0.15) is 5.82 Å². The number of nitrogens with zero attached hydrogens (tertiary/aromatic N) is 2. The molecule has 0 bridgehead atoms. The van der Waals surface area contributed by atoms with E-state index in [4.69, 9.17) is 0 Å². The predicted octanol–water partition coefficient (Wildman–Crippen LogP) is 2.78. The van der Waals surface area contributed by atoms with Crippen molar-refractivity contribution in [3.8, 4) is 0 Å². The maximum Gasteiger partial charge on any atom is 0.254 e. The number of rotatable bonds is 5. The SMILES string of the molecule is CCN(C(=O)c1ccnc(Nc2cccc(C)c2)c1)C1CCS(=O)(=O)C1. The van der Waals surface area contributed by atoms with Crippen molar-refractivity contribution < 1.29 is 13.2 Å². The Morgan fingerprint density at radius 2 is 2.12 bits per heavy atom. The van der Waals surface area contributed by atoms with Gasteiger partial charge in [-0.15, -0.1) is 0 Å². The summed E-state index contributed by atoms with van der Waals surface area (Å²) in [6.07, 6.45) is 2.09. The van der Waals surface area contributed by atoms with Gasteiger partial charge in [-0.25, -0.2) is 13.4 Å². The number of hydrogen-bond acceptors (Lipinski definition) is 5. The Morgan fingerprint density at radius 1 is 1.31 bits per heavy atom. The van der Waals surface area contributed by atoms with Crippen LogP contribution in [0.5, 0.6) is 0 Å². The van der Waals surface area contributed by atoms with E-state index in [2.05, 4.69) is 10.3 Å². The first-order valence-corrected chi connectivity index (χ1v) is 10.5. The van der Waals surface area contributed by atoms with Crippen LogP contribution in [0.2, 0.25) is 0 Å². The number of carbonyl (C=O) groups excluding carboxylic acids is 1. The van der Waals surface area contributed by atoms with Crippen molar-refractivity contribution in [2.75, 3.05) is 23.4 Å². The number of hydrogen-bond donors (Lipinski definition) is 1. The monoisotopic (exact) mass is 373 g/mol. The van der Waals surface area contributed by atoms with Crippen LogP contribution in [0.4, 0.5) is 11.5 Å². The van der Waals surface area contributed by atoms with Crippen LogP contribution in [0.15, 0.2) is 42.6 Å². The summed E-state index contributed by atoms with van der Waals surface area (Å²) in [5.41, 5.74) is 2.53. The lowest BCUT2D eigenvalue weighted by molar-refractivity contribution is 0.0708. The minimum absolute atomic E-state index is 0.0477. The largest absolute Gasteiger partial charge is 0.340 e. The van der Waals surface area contributed by atoms with Crippen molar-refractivity contribution in [1.29, 1.82) is 0 Å². The van der Waals surface area contributed by atoms with E-state index in [9.17, 15) is 13.2 Å². The molecule has 3 rings (SSSR count). The highest BCUT2D eigenvalue weighted by molar-refractivity contribution is 7.91. The molecule has 1 unspecified atom stereocenters. The fourth-order valence-electron chi connectivity index (χ4n) is 3.26. The average Bonchev–Trinajstić information content (AvgIpc) is 2.95. The van der Waals surface area contributed by atoms with Crippen molar-refractivity contribution in [2.24, 2.45) is 0 Å². The normalized spacial score (nSPS) is 18.5. The van der Waals surface area contributed by atoms with E-state index in [0.29, 0.717) is 24.3 Å². The predicted molar refractivity (Wildman–Crippen MR) is 102 cm³/mol. The zero-order valence-corrected chi connectivity index (χ0v) is 15.8. The molecule has 1 aromatic heterocycles. The number of carbonyl (C=O) groups is 1. The average molecular weight is 373 g/mol. The van der Waals surface area contributed by atoms with E-state index in [1.54, 1.807) is 23.2 Å². The summed E-state index contributed by atoms with van der Waals surface area (Å²) in [6.45, 7) is 4.35. The lowest BCUT2D eigenvalue weighted by atomic mass is 10.1. The smallest absolute Gasteiger partial charge is 0.254 e. The van der Waals surface area contributed by atoms with Gasteiger partial charge in [0.25, 0.3) is 5.91 Å². The highest BCUT2D eigenvalue weighted by atomic mass is 32.2. The lowest BCUT2D eigenvalue weighted by Crippen LogP contribution is -2.41. The first-order valence-electron chi connectivity index (χ1n) is 8.69. The molecule has 1 aromatic carbocycles. The van der Waals surface area contributed by atoms with Crippen LogP contribution >= 0.6 is 0 Å². The summed E-state index contributed by atoms with van der Waals surface area (Å²) in [7, 11) is -3.04. The minimum atomic E-state index is -3.04. The number of pyridine rings is 1. The van der Waals surface area contributed by atoms with Gasteiger partial charge in [0.05, 0.1) is 11.5 Å². The number of benzene rings is 1. The second-order valence-corrected chi connectivity index (χ2v) is 8.80. The Morgan fingerprint density at radius 3 is 2.77 bits per heavy atom. The van der Waals surface area contributed by atoms with E-state index in [1.165, 1.54) is 0 Å². The summed E-state index contributed by atoms with van der Waals surface area (Å²) in [5.74, 6) is 0.616. The molecule has 1 aliphatic heterocycles. The van der Waals surface area contributed by atoms with Crippen LogP contribution in [0.3, 0.4) is 0 Å². The van der Waals surface area contributed by atoms with Crippen LogP contribution < -0.4 is 5.32 Å². The Bertz CT molecular complexity index is 912. The number of aryl methyl sites for hydroxylation is 1. The molecule has 2 heterocycles. The fraction of sp³-hybridized carbons (Fsp3) is 0.368. The van der Waals surface area contributed by atoms with Crippen LogP contribution in [0, 0.1) is 6.92 Å². The first kappa shape index (κ1) is 18.4. The molecule has 1 aliphatic rings. The van der Waals surface area contributed by atoms with Crippen LogP contribution in [-0.4, -0.2) is 48.3 Å². The number of sulfone groups is 1. The zero-order chi connectivity index (χ0) is 18.7. The third-order valence-corrected chi connectivity index (χ3v) is 6.30. The van der Waals surface area contributed by atoms with Crippen LogP contribution in [0.25, 0.3) is 0 Å². The quantitative estimate of drug-likeness (QED) is 0.872. The van der Waals surface area contributed by atoms with E-state index in [-0.39, 0.29) is 23.5 Å². The topological polar surface area (TPSA) is 79.4 Å². The summed E-state index contributed by atoms with van der Waals surface area (Å²) in [5, 5.41) is 3.20. The molecule has 6 nitrogen and oxygen atoms in total. The van der Waals surface area contributed by atoms with E-state index in [1.807, 2.05) is 38.1 Å². The molecule has 1 saturated heterocycles. The van der Waals surface area contributed by atoms with Gasteiger partial charge in [-0.2, -0.15) is 0 Å². The highest BCUT2D eigenvalue weighted by Crippen LogP contribution is 2.21. The Labute approximate surface area is 154 Å². The summed E-state index contributed by atoms with van der Waals surface area (Å²) >= 11 is 0. The Kier molecular flexibility index (Phi) is 5.27. The molecule has 0 radical (unpaired) electrons. The highest BCUT2D eigenvalue weighted by Gasteiger charge is 2.34. The van der Waals surface area contributed by atoms with Gasteiger partial charge in [-0.05, 0) is 50.1 Å². The first-order chi connectivity index (χ1) is 12.4. The Hall–Kier alpha value is -2.41.